The topological polar surface area (TPSA) is 72.2 Å². The van der Waals surface area contributed by atoms with E-state index in [1.165, 1.54) is 0 Å². The van der Waals surface area contributed by atoms with E-state index in [0.717, 1.165) is 0 Å². The first-order valence-corrected chi connectivity index (χ1v) is 8.09. The first-order chi connectivity index (χ1) is 9.95. The molecule has 0 spiro atoms. The summed E-state index contributed by atoms with van der Waals surface area (Å²) in [4.78, 5) is -1.04. The van der Waals surface area contributed by atoms with Gasteiger partial charge in [0.25, 0.3) is 0 Å². The molecule has 0 saturated heterocycles. The van der Waals surface area contributed by atoms with Gasteiger partial charge in [-0.3, -0.25) is 0 Å². The molecular formula is C13H19ClF4N2O2S. The van der Waals surface area contributed by atoms with Crippen LogP contribution < -0.4 is 10.5 Å². The van der Waals surface area contributed by atoms with Crippen LogP contribution in [0.2, 0.25) is 0 Å². The predicted octanol–water partition coefficient (Wildman–Crippen LogP) is 3.06. The van der Waals surface area contributed by atoms with Gasteiger partial charge in [-0.05, 0) is 31.0 Å². The molecular weight excluding hydrogens is 360 g/mol. The van der Waals surface area contributed by atoms with Crippen LogP contribution in [0.25, 0.3) is 0 Å². The third-order valence-corrected chi connectivity index (χ3v) is 4.99. The van der Waals surface area contributed by atoms with Crippen molar-refractivity contribution < 1.29 is 26.0 Å². The van der Waals surface area contributed by atoms with Crippen molar-refractivity contribution in [3.8, 4) is 0 Å². The van der Waals surface area contributed by atoms with Crippen LogP contribution in [0.5, 0.6) is 0 Å². The Morgan fingerprint density at radius 1 is 1.17 bits per heavy atom. The quantitative estimate of drug-likeness (QED) is 0.747. The van der Waals surface area contributed by atoms with E-state index in [-0.39, 0.29) is 25.0 Å². The Labute approximate surface area is 138 Å². The van der Waals surface area contributed by atoms with Crippen molar-refractivity contribution in [3.05, 3.63) is 29.6 Å². The molecule has 23 heavy (non-hydrogen) atoms. The average Bonchev–Trinajstić information content (AvgIpc) is 2.44. The molecule has 134 valence electrons. The molecule has 0 aliphatic rings. The fourth-order valence-electron chi connectivity index (χ4n) is 1.70. The summed E-state index contributed by atoms with van der Waals surface area (Å²) < 4.78 is 77.6. The highest BCUT2D eigenvalue weighted by Gasteiger charge is 2.33. The third-order valence-electron chi connectivity index (χ3n) is 3.57. The van der Waals surface area contributed by atoms with Crippen molar-refractivity contribution in [1.29, 1.82) is 0 Å². The second-order valence-corrected chi connectivity index (χ2v) is 6.77. The maximum absolute atomic E-state index is 13.6. The second-order valence-electron chi connectivity index (χ2n) is 5.04. The lowest BCUT2D eigenvalue weighted by atomic mass is 9.95. The number of halogens is 5. The first kappa shape index (κ1) is 22.1. The van der Waals surface area contributed by atoms with E-state index in [1.807, 2.05) is 0 Å². The van der Waals surface area contributed by atoms with Crippen LogP contribution in [-0.4, -0.2) is 20.5 Å². The number of alkyl halides is 3. The van der Waals surface area contributed by atoms with Crippen LogP contribution in [0.15, 0.2) is 23.1 Å². The van der Waals surface area contributed by atoms with Gasteiger partial charge in [0.2, 0.25) is 10.0 Å². The summed E-state index contributed by atoms with van der Waals surface area (Å²) >= 11 is 0. The van der Waals surface area contributed by atoms with Crippen molar-refractivity contribution in [2.75, 3.05) is 6.54 Å². The zero-order chi connectivity index (χ0) is 17.2. The van der Waals surface area contributed by atoms with E-state index in [2.05, 4.69) is 4.72 Å². The maximum atomic E-state index is 13.6. The Bertz CT molecular complexity index is 631. The molecule has 3 N–H and O–H groups in total. The number of hydrogen-bond donors (Lipinski definition) is 2. The molecule has 1 aromatic rings. The minimum absolute atomic E-state index is 0. The summed E-state index contributed by atoms with van der Waals surface area (Å²) in [6.07, 6.45) is -3.85. The van der Waals surface area contributed by atoms with Gasteiger partial charge in [-0.1, -0.05) is 13.8 Å². The average molecular weight is 379 g/mol. The lowest BCUT2D eigenvalue weighted by molar-refractivity contribution is -0.137. The van der Waals surface area contributed by atoms with Crippen molar-refractivity contribution in [2.24, 2.45) is 5.73 Å². The minimum Gasteiger partial charge on any atom is -0.324 e. The monoisotopic (exact) mass is 378 g/mol. The number of hydrogen-bond acceptors (Lipinski definition) is 3. The largest absolute Gasteiger partial charge is 0.416 e. The third kappa shape index (κ3) is 5.59. The van der Waals surface area contributed by atoms with Crippen molar-refractivity contribution in [1.82, 2.24) is 4.72 Å². The van der Waals surface area contributed by atoms with Crippen molar-refractivity contribution in [3.63, 3.8) is 0 Å². The summed E-state index contributed by atoms with van der Waals surface area (Å²) in [5.41, 5.74) is 3.84. The number of benzene rings is 1. The highest BCUT2D eigenvalue weighted by atomic mass is 35.5. The van der Waals surface area contributed by atoms with Gasteiger partial charge in [0.1, 0.15) is 10.7 Å². The van der Waals surface area contributed by atoms with Gasteiger partial charge in [0, 0.05) is 12.1 Å². The molecule has 0 aliphatic heterocycles. The molecule has 0 heterocycles. The lowest BCUT2D eigenvalue weighted by Crippen LogP contribution is -2.49. The maximum Gasteiger partial charge on any atom is 0.416 e. The molecule has 0 atom stereocenters. The lowest BCUT2D eigenvalue weighted by Gasteiger charge is -2.26. The summed E-state index contributed by atoms with van der Waals surface area (Å²) in [6, 6.07) is 1.24. The van der Waals surface area contributed by atoms with Crippen molar-refractivity contribution >= 4 is 22.4 Å². The molecule has 1 rings (SSSR count). The van der Waals surface area contributed by atoms with E-state index in [0.29, 0.717) is 25.0 Å². The standard InChI is InChI=1S/C13H18F4N2O2S.ClH/c1-3-12(18,4-2)8-19-22(20,21)11-7-9(13(15,16)17)5-6-10(11)14;/h5-7,19H,3-4,8,18H2,1-2H3;1H. The van der Waals surface area contributed by atoms with Crippen LogP contribution in [0.3, 0.4) is 0 Å². The zero-order valence-electron chi connectivity index (χ0n) is 12.6. The fraction of sp³-hybridized carbons (Fsp3) is 0.538. The second kappa shape index (κ2) is 7.78. The van der Waals surface area contributed by atoms with Gasteiger partial charge in [0.15, 0.2) is 0 Å². The van der Waals surface area contributed by atoms with Crippen LogP contribution in [0, 0.1) is 5.82 Å². The highest BCUT2D eigenvalue weighted by molar-refractivity contribution is 7.89. The molecule has 0 fully saturated rings. The molecule has 0 aliphatic carbocycles. The molecule has 0 aromatic heterocycles. The number of nitrogens with two attached hydrogens (primary N) is 1. The summed E-state index contributed by atoms with van der Waals surface area (Å²) in [5, 5.41) is 0. The molecule has 1 aromatic carbocycles. The molecule has 10 heteroatoms. The van der Waals surface area contributed by atoms with E-state index < -0.39 is 38.0 Å². The summed E-state index contributed by atoms with van der Waals surface area (Å²) in [5.74, 6) is -1.25. The van der Waals surface area contributed by atoms with Crippen LogP contribution in [0.1, 0.15) is 32.3 Å². The summed E-state index contributed by atoms with van der Waals surface area (Å²) in [6.45, 7) is 3.31. The molecule has 0 saturated carbocycles. The molecule has 0 radical (unpaired) electrons. The van der Waals surface area contributed by atoms with Gasteiger partial charge in [-0.25, -0.2) is 17.5 Å². The van der Waals surface area contributed by atoms with E-state index >= 15 is 0 Å². The Kier molecular flexibility index (Phi) is 7.48. The molecule has 4 nitrogen and oxygen atoms in total. The van der Waals surface area contributed by atoms with Crippen LogP contribution >= 0.6 is 12.4 Å². The SMILES string of the molecule is CCC(N)(CC)CNS(=O)(=O)c1cc(C(F)(F)F)ccc1F.Cl. The van der Waals surface area contributed by atoms with Crippen LogP contribution in [0.4, 0.5) is 17.6 Å². The Morgan fingerprint density at radius 3 is 2.13 bits per heavy atom. The highest BCUT2D eigenvalue weighted by Crippen LogP contribution is 2.31. The van der Waals surface area contributed by atoms with Gasteiger partial charge in [0.05, 0.1) is 5.56 Å². The summed E-state index contributed by atoms with van der Waals surface area (Å²) in [7, 11) is -4.43. The minimum atomic E-state index is -4.76. The molecule has 0 bridgehead atoms. The van der Waals surface area contributed by atoms with E-state index in [1.54, 1.807) is 13.8 Å². The van der Waals surface area contributed by atoms with Gasteiger partial charge >= 0.3 is 6.18 Å². The molecule has 0 unspecified atom stereocenters. The number of rotatable bonds is 6. The first-order valence-electron chi connectivity index (χ1n) is 6.60. The zero-order valence-corrected chi connectivity index (χ0v) is 14.2. The Balaban J connectivity index is 0.00000484. The number of nitrogens with one attached hydrogen (secondary N) is 1. The molecule has 0 amide bonds. The van der Waals surface area contributed by atoms with E-state index in [9.17, 15) is 26.0 Å². The Morgan fingerprint density at radius 2 is 1.70 bits per heavy atom. The normalized spacial score (nSPS) is 12.8. The van der Waals surface area contributed by atoms with Crippen molar-refractivity contribution in [2.45, 2.75) is 43.3 Å². The van der Waals surface area contributed by atoms with Gasteiger partial charge < -0.3 is 5.73 Å². The predicted molar refractivity (Wildman–Crippen MR) is 81.3 cm³/mol. The Hall–Kier alpha value is -0.900. The van der Waals surface area contributed by atoms with Gasteiger partial charge in [-0.2, -0.15) is 13.2 Å². The number of sulfonamides is 1. The van der Waals surface area contributed by atoms with Gasteiger partial charge in [-0.15, -0.1) is 12.4 Å². The van der Waals surface area contributed by atoms with E-state index in [4.69, 9.17) is 5.73 Å². The fourth-order valence-corrected chi connectivity index (χ4v) is 2.94. The smallest absolute Gasteiger partial charge is 0.324 e. The van der Waals surface area contributed by atoms with Crippen LogP contribution in [-0.2, 0) is 16.2 Å².